The van der Waals surface area contributed by atoms with Crippen LogP contribution in [0.3, 0.4) is 0 Å². The van der Waals surface area contributed by atoms with Gasteiger partial charge >= 0.3 is 0 Å². The molecule has 0 aliphatic carbocycles. The molecule has 18 heavy (non-hydrogen) atoms. The summed E-state index contributed by atoms with van der Waals surface area (Å²) in [5.41, 5.74) is 8.69. The first-order chi connectivity index (χ1) is 8.70. The minimum atomic E-state index is 0.0876. The highest BCUT2D eigenvalue weighted by atomic mass is 32.2. The molecule has 4 heteroatoms. The summed E-state index contributed by atoms with van der Waals surface area (Å²) in [7, 11) is 0. The molecule has 0 fully saturated rings. The number of hydrogen-bond donors (Lipinski definition) is 1. The zero-order chi connectivity index (χ0) is 13.0. The van der Waals surface area contributed by atoms with Crippen LogP contribution in [0.5, 0.6) is 0 Å². The maximum atomic E-state index is 6.21. The van der Waals surface area contributed by atoms with Gasteiger partial charge in [0.05, 0.1) is 11.4 Å². The fourth-order valence-corrected chi connectivity index (χ4v) is 2.86. The number of benzene rings is 1. The van der Waals surface area contributed by atoms with Crippen LogP contribution in [0.25, 0.3) is 0 Å². The van der Waals surface area contributed by atoms with Crippen molar-refractivity contribution in [3.8, 4) is 0 Å². The molecule has 0 saturated heterocycles. The van der Waals surface area contributed by atoms with Crippen LogP contribution in [0.15, 0.2) is 46.4 Å². The number of nitrogens with zero attached hydrogens (tertiary/aromatic N) is 1. The molecule has 0 spiro atoms. The van der Waals surface area contributed by atoms with Crippen LogP contribution in [0, 0.1) is 6.92 Å². The fourth-order valence-electron chi connectivity index (χ4n) is 1.75. The molecule has 0 radical (unpaired) electrons. The molecule has 2 rings (SSSR count). The van der Waals surface area contributed by atoms with Crippen molar-refractivity contribution < 1.29 is 4.42 Å². The second kappa shape index (κ2) is 6.07. The van der Waals surface area contributed by atoms with Crippen molar-refractivity contribution in [2.45, 2.75) is 36.8 Å². The molecule has 0 aliphatic rings. The van der Waals surface area contributed by atoms with Crippen LogP contribution in [0.1, 0.15) is 29.7 Å². The van der Waals surface area contributed by atoms with Gasteiger partial charge < -0.3 is 10.2 Å². The van der Waals surface area contributed by atoms with Crippen LogP contribution in [0.2, 0.25) is 0 Å². The average molecular weight is 262 g/mol. The maximum absolute atomic E-state index is 6.21. The third kappa shape index (κ3) is 3.15. The smallest absolute Gasteiger partial charge is 0.256 e. The lowest BCUT2D eigenvalue weighted by molar-refractivity contribution is 0.451. The maximum Gasteiger partial charge on any atom is 0.256 e. The number of thioether (sulfide) groups is 1. The summed E-state index contributed by atoms with van der Waals surface area (Å²) in [4.78, 5) is 4.16. The molecule has 3 nitrogen and oxygen atoms in total. The van der Waals surface area contributed by atoms with Gasteiger partial charge in [-0.3, -0.25) is 0 Å². The van der Waals surface area contributed by atoms with Gasteiger partial charge in [-0.25, -0.2) is 4.98 Å². The zero-order valence-corrected chi connectivity index (χ0v) is 11.5. The highest BCUT2D eigenvalue weighted by Gasteiger charge is 2.21. The number of aryl methyl sites for hydroxylation is 1. The van der Waals surface area contributed by atoms with E-state index in [1.807, 2.05) is 0 Å². The van der Waals surface area contributed by atoms with E-state index in [0.29, 0.717) is 5.22 Å². The molecule has 1 heterocycles. The van der Waals surface area contributed by atoms with Crippen molar-refractivity contribution in [3.63, 3.8) is 0 Å². The van der Waals surface area contributed by atoms with Crippen molar-refractivity contribution in [2.75, 3.05) is 0 Å². The van der Waals surface area contributed by atoms with Crippen LogP contribution >= 0.6 is 11.8 Å². The van der Waals surface area contributed by atoms with Crippen LogP contribution < -0.4 is 5.73 Å². The molecule has 0 saturated carbocycles. The Morgan fingerprint density at radius 2 is 2.06 bits per heavy atom. The molecule has 2 atom stereocenters. The van der Waals surface area contributed by atoms with Crippen molar-refractivity contribution >= 4 is 11.8 Å². The molecule has 96 valence electrons. The third-order valence-electron chi connectivity index (χ3n) is 2.90. The van der Waals surface area contributed by atoms with Gasteiger partial charge in [0.2, 0.25) is 0 Å². The van der Waals surface area contributed by atoms with E-state index in [1.54, 1.807) is 24.2 Å². The van der Waals surface area contributed by atoms with Gasteiger partial charge in [0.1, 0.15) is 6.26 Å². The quantitative estimate of drug-likeness (QED) is 0.837. The highest BCUT2D eigenvalue weighted by molar-refractivity contribution is 7.99. The van der Waals surface area contributed by atoms with Gasteiger partial charge in [-0.2, -0.15) is 0 Å². The summed E-state index contributed by atoms with van der Waals surface area (Å²) < 4.78 is 5.30. The van der Waals surface area contributed by atoms with E-state index in [1.165, 1.54) is 11.1 Å². The largest absolute Gasteiger partial charge is 0.440 e. The standard InChI is InChI=1S/C14H18N2OS/c1-3-12(15)13(18-14-16-8-9-17-14)11-6-4-10(2)5-7-11/h4-9,12-13H,3,15H2,1-2H3. The second-order valence-corrected chi connectivity index (χ2v) is 5.41. The highest BCUT2D eigenvalue weighted by Crippen LogP contribution is 2.37. The Hall–Kier alpha value is -1.26. The molecule has 0 bridgehead atoms. The van der Waals surface area contributed by atoms with Crippen molar-refractivity contribution in [2.24, 2.45) is 5.73 Å². The normalized spacial score (nSPS) is 14.4. The summed E-state index contributed by atoms with van der Waals surface area (Å²) in [6.07, 6.45) is 4.17. The Labute approximate surface area is 112 Å². The van der Waals surface area contributed by atoms with E-state index in [0.717, 1.165) is 6.42 Å². The molecule has 2 N–H and O–H groups in total. The number of aromatic nitrogens is 1. The first-order valence-corrected chi connectivity index (χ1v) is 6.97. The summed E-state index contributed by atoms with van der Waals surface area (Å²) in [5.74, 6) is 0. The number of nitrogens with two attached hydrogens (primary N) is 1. The molecular formula is C14H18N2OS. The molecule has 1 aromatic carbocycles. The Bertz CT molecular complexity index is 467. The van der Waals surface area contributed by atoms with Gasteiger partial charge in [0, 0.05) is 6.04 Å². The number of oxazole rings is 1. The first kappa shape index (κ1) is 13.2. The average Bonchev–Trinajstić information content (AvgIpc) is 2.89. The van der Waals surface area contributed by atoms with Crippen molar-refractivity contribution in [3.05, 3.63) is 47.9 Å². The summed E-state index contributed by atoms with van der Waals surface area (Å²) in [6.45, 7) is 4.18. The predicted molar refractivity (Wildman–Crippen MR) is 74.5 cm³/mol. The first-order valence-electron chi connectivity index (χ1n) is 6.09. The lowest BCUT2D eigenvalue weighted by Gasteiger charge is -2.21. The Morgan fingerprint density at radius 1 is 1.33 bits per heavy atom. The Kier molecular flexibility index (Phi) is 4.44. The Morgan fingerprint density at radius 3 is 2.61 bits per heavy atom. The number of rotatable bonds is 5. The van der Waals surface area contributed by atoms with E-state index >= 15 is 0 Å². The van der Waals surface area contributed by atoms with Crippen LogP contribution in [-0.4, -0.2) is 11.0 Å². The second-order valence-electron chi connectivity index (χ2n) is 4.32. The predicted octanol–water partition coefficient (Wildman–Crippen LogP) is 3.55. The topological polar surface area (TPSA) is 52.0 Å². The van der Waals surface area contributed by atoms with Gasteiger partial charge in [-0.15, -0.1) is 0 Å². The van der Waals surface area contributed by atoms with E-state index in [9.17, 15) is 0 Å². The van der Waals surface area contributed by atoms with Crippen LogP contribution in [-0.2, 0) is 0 Å². The molecular weight excluding hydrogens is 244 g/mol. The van der Waals surface area contributed by atoms with Gasteiger partial charge in [0.15, 0.2) is 0 Å². The van der Waals surface area contributed by atoms with E-state index in [-0.39, 0.29) is 11.3 Å². The molecule has 2 aromatic rings. The van der Waals surface area contributed by atoms with Crippen LogP contribution in [0.4, 0.5) is 0 Å². The van der Waals surface area contributed by atoms with Crippen molar-refractivity contribution in [1.29, 1.82) is 0 Å². The lowest BCUT2D eigenvalue weighted by atomic mass is 10.0. The monoisotopic (exact) mass is 262 g/mol. The fraction of sp³-hybridized carbons (Fsp3) is 0.357. The summed E-state index contributed by atoms with van der Waals surface area (Å²) in [6, 6.07) is 8.57. The Balaban J connectivity index is 2.22. The molecule has 1 aromatic heterocycles. The lowest BCUT2D eigenvalue weighted by Crippen LogP contribution is -2.25. The van der Waals surface area contributed by atoms with Crippen molar-refractivity contribution in [1.82, 2.24) is 4.98 Å². The number of hydrogen-bond acceptors (Lipinski definition) is 4. The van der Waals surface area contributed by atoms with E-state index in [2.05, 4.69) is 43.1 Å². The minimum absolute atomic E-state index is 0.0876. The summed E-state index contributed by atoms with van der Waals surface area (Å²) >= 11 is 1.58. The minimum Gasteiger partial charge on any atom is -0.440 e. The van der Waals surface area contributed by atoms with Gasteiger partial charge in [-0.05, 0) is 18.9 Å². The van der Waals surface area contributed by atoms with Gasteiger partial charge in [-0.1, -0.05) is 48.5 Å². The van der Waals surface area contributed by atoms with E-state index < -0.39 is 0 Å². The molecule has 0 amide bonds. The zero-order valence-electron chi connectivity index (χ0n) is 10.7. The van der Waals surface area contributed by atoms with E-state index in [4.69, 9.17) is 10.2 Å². The molecule has 2 unspecified atom stereocenters. The summed E-state index contributed by atoms with van der Waals surface area (Å²) in [5, 5.41) is 0.846. The SMILES string of the molecule is CCC(N)C(Sc1ncco1)c1ccc(C)cc1. The van der Waals surface area contributed by atoms with Gasteiger partial charge in [0.25, 0.3) is 5.22 Å². The molecule has 0 aliphatic heterocycles. The third-order valence-corrected chi connectivity index (χ3v) is 4.18.